The van der Waals surface area contributed by atoms with Crippen LogP contribution in [-0.4, -0.2) is 72.2 Å². The van der Waals surface area contributed by atoms with Crippen LogP contribution in [0.3, 0.4) is 0 Å². The van der Waals surface area contributed by atoms with E-state index in [4.69, 9.17) is 13.9 Å². The highest BCUT2D eigenvalue weighted by Gasteiger charge is 2.56. The molecular weight excluding hydrogens is 396 g/mol. The summed E-state index contributed by atoms with van der Waals surface area (Å²) in [6.45, 7) is 13.6. The van der Waals surface area contributed by atoms with E-state index in [0.717, 1.165) is 0 Å². The molecule has 1 fully saturated rings. The molecule has 0 aromatic rings. The highest BCUT2D eigenvalue weighted by atomic mass is 28.4. The summed E-state index contributed by atoms with van der Waals surface area (Å²) in [4.78, 5) is 24.3. The summed E-state index contributed by atoms with van der Waals surface area (Å²) in [7, 11) is -2.48. The van der Waals surface area contributed by atoms with E-state index in [2.05, 4.69) is 0 Å². The lowest BCUT2D eigenvalue weighted by Gasteiger charge is -2.49. The maximum atomic E-state index is 12.2. The number of hydrogen-bond donors (Lipinski definition) is 3. The molecule has 0 heterocycles. The van der Waals surface area contributed by atoms with Gasteiger partial charge in [-0.2, -0.15) is 0 Å². The van der Waals surface area contributed by atoms with E-state index < -0.39 is 56.9 Å². The Bertz CT molecular complexity index is 525. The van der Waals surface area contributed by atoms with Gasteiger partial charge in [0.15, 0.2) is 20.5 Å². The van der Waals surface area contributed by atoms with Crippen LogP contribution in [0.5, 0.6) is 0 Å². The molecule has 29 heavy (non-hydrogen) atoms. The smallest absolute Gasteiger partial charge is 0.306 e. The van der Waals surface area contributed by atoms with Gasteiger partial charge in [-0.05, 0) is 31.0 Å². The Hall–Kier alpha value is -1.00. The normalized spacial score (nSPS) is 30.7. The summed E-state index contributed by atoms with van der Waals surface area (Å²) < 4.78 is 17.3. The van der Waals surface area contributed by atoms with Crippen molar-refractivity contribution >= 4 is 20.3 Å². The highest BCUT2D eigenvalue weighted by molar-refractivity contribution is 6.74. The van der Waals surface area contributed by atoms with Crippen LogP contribution in [0.4, 0.5) is 0 Å². The zero-order valence-corrected chi connectivity index (χ0v) is 19.7. The number of aliphatic hydroxyl groups is 3. The minimum absolute atomic E-state index is 0.134. The zero-order valence-electron chi connectivity index (χ0n) is 18.7. The number of esters is 2. The average Bonchev–Trinajstić information content (AvgIpc) is 2.59. The lowest BCUT2D eigenvalue weighted by molar-refractivity contribution is -0.238. The third kappa shape index (κ3) is 6.49. The van der Waals surface area contributed by atoms with Gasteiger partial charge in [0, 0.05) is 12.8 Å². The fourth-order valence-corrected chi connectivity index (χ4v) is 4.22. The molecule has 1 saturated carbocycles. The largest absolute Gasteiger partial charge is 0.457 e. The van der Waals surface area contributed by atoms with E-state index in [9.17, 15) is 24.9 Å². The van der Waals surface area contributed by atoms with E-state index >= 15 is 0 Å². The Morgan fingerprint density at radius 1 is 0.793 bits per heavy atom. The summed E-state index contributed by atoms with van der Waals surface area (Å²) in [6.07, 6.45) is -7.03. The fraction of sp³-hybridized carbons (Fsp3) is 0.900. The molecule has 1 aliphatic rings. The number of hydrogen-bond acceptors (Lipinski definition) is 8. The van der Waals surface area contributed by atoms with Crippen LogP contribution in [0.1, 0.15) is 60.3 Å². The van der Waals surface area contributed by atoms with Crippen molar-refractivity contribution in [1.82, 2.24) is 0 Å². The van der Waals surface area contributed by atoms with Gasteiger partial charge < -0.3 is 29.2 Å². The predicted octanol–water partition coefficient (Wildman–Crippen LogP) is 1.90. The minimum Gasteiger partial charge on any atom is -0.457 e. The Morgan fingerprint density at radius 2 is 1.17 bits per heavy atom. The molecule has 1 aliphatic carbocycles. The molecular formula is C20H38O8Si. The Morgan fingerprint density at radius 3 is 1.48 bits per heavy atom. The monoisotopic (exact) mass is 434 g/mol. The first-order chi connectivity index (χ1) is 13.3. The molecule has 8 nitrogen and oxygen atoms in total. The molecule has 2 unspecified atom stereocenters. The van der Waals surface area contributed by atoms with Crippen molar-refractivity contribution < 1.29 is 38.8 Å². The Kier molecular flexibility index (Phi) is 9.29. The van der Waals surface area contributed by atoms with Crippen LogP contribution in [0.2, 0.25) is 18.1 Å². The number of carbonyl (C=O) groups is 2. The minimum atomic E-state index is -2.48. The molecule has 0 radical (unpaired) electrons. The molecule has 0 amide bonds. The molecule has 1 rings (SSSR count). The molecule has 0 bridgehead atoms. The molecule has 0 aliphatic heterocycles. The van der Waals surface area contributed by atoms with Gasteiger partial charge in [0.1, 0.15) is 24.4 Å². The second-order valence-corrected chi connectivity index (χ2v) is 14.0. The van der Waals surface area contributed by atoms with Crippen molar-refractivity contribution in [2.45, 2.75) is 115 Å². The number of ether oxygens (including phenoxy) is 2. The van der Waals surface area contributed by atoms with Gasteiger partial charge in [-0.25, -0.2) is 0 Å². The molecule has 0 spiro atoms. The van der Waals surface area contributed by atoms with Crippen LogP contribution in [0, 0.1) is 0 Å². The van der Waals surface area contributed by atoms with Gasteiger partial charge >= 0.3 is 11.9 Å². The second-order valence-electron chi connectivity index (χ2n) is 9.22. The first-order valence-electron chi connectivity index (χ1n) is 10.4. The van der Waals surface area contributed by atoms with E-state index in [1.165, 1.54) is 0 Å². The number of carbonyl (C=O) groups excluding carboxylic acids is 2. The molecule has 3 N–H and O–H groups in total. The van der Waals surface area contributed by atoms with Crippen LogP contribution in [0.15, 0.2) is 0 Å². The molecule has 170 valence electrons. The van der Waals surface area contributed by atoms with Crippen molar-refractivity contribution in [3.8, 4) is 0 Å². The van der Waals surface area contributed by atoms with Crippen molar-refractivity contribution in [2.24, 2.45) is 0 Å². The average molecular weight is 435 g/mol. The van der Waals surface area contributed by atoms with Gasteiger partial charge in [-0.1, -0.05) is 34.6 Å². The second kappa shape index (κ2) is 10.3. The predicted molar refractivity (Wildman–Crippen MR) is 110 cm³/mol. The van der Waals surface area contributed by atoms with E-state index in [1.807, 2.05) is 47.7 Å². The van der Waals surface area contributed by atoms with Crippen LogP contribution in [-0.2, 0) is 23.5 Å². The third-order valence-corrected chi connectivity index (χ3v) is 10.2. The molecule has 9 heteroatoms. The fourth-order valence-electron chi connectivity index (χ4n) is 2.92. The quantitative estimate of drug-likeness (QED) is 0.391. The van der Waals surface area contributed by atoms with Crippen LogP contribution < -0.4 is 0 Å². The van der Waals surface area contributed by atoms with E-state index in [0.29, 0.717) is 12.8 Å². The molecule has 0 aromatic heterocycles. The van der Waals surface area contributed by atoms with Gasteiger partial charge in [0.05, 0.1) is 0 Å². The first kappa shape index (κ1) is 26.0. The van der Waals surface area contributed by atoms with E-state index in [1.54, 1.807) is 0 Å². The summed E-state index contributed by atoms with van der Waals surface area (Å²) in [6, 6.07) is 0. The van der Waals surface area contributed by atoms with Gasteiger partial charge in [0.25, 0.3) is 0 Å². The number of aliphatic hydroxyl groups excluding tert-OH is 3. The van der Waals surface area contributed by atoms with Gasteiger partial charge in [-0.3, -0.25) is 9.59 Å². The maximum Gasteiger partial charge on any atom is 0.306 e. The third-order valence-electron chi connectivity index (χ3n) is 5.70. The highest BCUT2D eigenvalue weighted by Crippen LogP contribution is 2.40. The SMILES string of the molecule is CCCC(=O)O[C@H]1C(O[Si](C)(C)C(C)(C)C)[C@H](OC(=O)CCC)[C@@H](O)C(O)[C@H]1O. The lowest BCUT2D eigenvalue weighted by atomic mass is 9.84. The van der Waals surface area contributed by atoms with Crippen molar-refractivity contribution in [2.75, 3.05) is 0 Å². The van der Waals surface area contributed by atoms with Crippen LogP contribution >= 0.6 is 0 Å². The molecule has 6 atom stereocenters. The van der Waals surface area contributed by atoms with Crippen molar-refractivity contribution in [3.63, 3.8) is 0 Å². The van der Waals surface area contributed by atoms with E-state index in [-0.39, 0.29) is 17.9 Å². The number of rotatable bonds is 8. The Balaban J connectivity index is 3.32. The molecule has 0 saturated heterocycles. The molecule has 0 aromatic carbocycles. The first-order valence-corrected chi connectivity index (χ1v) is 13.3. The van der Waals surface area contributed by atoms with Crippen molar-refractivity contribution in [3.05, 3.63) is 0 Å². The maximum absolute atomic E-state index is 12.2. The summed E-state index contributed by atoms with van der Waals surface area (Å²) in [5.74, 6) is -1.11. The van der Waals surface area contributed by atoms with Gasteiger partial charge in [0.2, 0.25) is 0 Å². The van der Waals surface area contributed by atoms with Gasteiger partial charge in [-0.15, -0.1) is 0 Å². The summed E-state index contributed by atoms with van der Waals surface area (Å²) >= 11 is 0. The topological polar surface area (TPSA) is 123 Å². The lowest BCUT2D eigenvalue weighted by Crippen LogP contribution is -2.68. The Labute approximate surface area is 174 Å². The summed E-state index contributed by atoms with van der Waals surface area (Å²) in [5, 5.41) is 31.2. The standard InChI is InChI=1S/C20H38O8Si/c1-8-10-12(21)26-17-15(24)14(23)16(25)18(27-13(22)11-9-2)19(17)28-29(6,7)20(3,4)5/h14-19,23-25H,8-11H2,1-7H3/t14?,15-,16+,17-,18-,19?/m1/s1. The van der Waals surface area contributed by atoms with Crippen LogP contribution in [0.25, 0.3) is 0 Å². The zero-order chi connectivity index (χ0) is 22.6. The van der Waals surface area contributed by atoms with Crippen molar-refractivity contribution in [1.29, 1.82) is 0 Å². The summed E-state index contributed by atoms with van der Waals surface area (Å²) in [5.41, 5.74) is 0.